The van der Waals surface area contributed by atoms with Crippen molar-refractivity contribution >= 4 is 34.4 Å². The van der Waals surface area contributed by atoms with Crippen molar-refractivity contribution in [3.8, 4) is 5.82 Å². The lowest BCUT2D eigenvalue weighted by molar-refractivity contribution is -0.141. The Morgan fingerprint density at radius 3 is 2.41 bits per heavy atom. The molecule has 1 amide bonds. The largest absolute Gasteiger partial charge is 0.434 e. The molecule has 0 unspecified atom stereocenters. The molecule has 0 atom stereocenters. The molecule has 1 aliphatic rings. The van der Waals surface area contributed by atoms with Gasteiger partial charge in [-0.3, -0.25) is 9.36 Å². The van der Waals surface area contributed by atoms with Gasteiger partial charge in [-0.2, -0.15) is 13.2 Å². The van der Waals surface area contributed by atoms with Gasteiger partial charge in [-0.05, 0) is 49.8 Å². The van der Waals surface area contributed by atoms with Crippen LogP contribution >= 0.6 is 11.6 Å². The minimum Gasteiger partial charge on any atom is -0.372 e. The minimum atomic E-state index is -4.78. The van der Waals surface area contributed by atoms with Crippen molar-refractivity contribution in [1.29, 1.82) is 0 Å². The Hall–Kier alpha value is -3.93. The fourth-order valence-electron chi connectivity index (χ4n) is 5.02. The average Bonchev–Trinajstić information content (AvgIpc) is 3.20. The van der Waals surface area contributed by atoms with Gasteiger partial charge in [0.05, 0.1) is 34.0 Å². The summed E-state index contributed by atoms with van der Waals surface area (Å²) in [7, 11) is 1.73. The molecule has 5 rings (SSSR count). The first-order valence-electron chi connectivity index (χ1n) is 12.4. The predicted octanol–water partition coefficient (Wildman–Crippen LogP) is 4.68. The highest BCUT2D eigenvalue weighted by molar-refractivity contribution is 6.30. The fraction of sp³-hybridized carbons (Fsp3) is 0.346. The van der Waals surface area contributed by atoms with E-state index in [1.54, 1.807) is 17.8 Å². The van der Waals surface area contributed by atoms with Crippen molar-refractivity contribution in [2.75, 3.05) is 12.4 Å². The van der Waals surface area contributed by atoms with Crippen LogP contribution in [0.3, 0.4) is 0 Å². The SMILES string of the molecule is CNc1cnc(-n2c(=O)n(C[C@H]3CC[C@H](NC(=O)c4cc(Cl)cnc4C(F)(F)F)CC3)c3ccccc32)cn1. The van der Waals surface area contributed by atoms with Crippen LogP contribution in [0.5, 0.6) is 0 Å². The van der Waals surface area contributed by atoms with Gasteiger partial charge in [0.25, 0.3) is 5.91 Å². The maximum absolute atomic E-state index is 13.5. The summed E-state index contributed by atoms with van der Waals surface area (Å²) in [6.07, 6.45) is 1.70. The summed E-state index contributed by atoms with van der Waals surface area (Å²) in [5.74, 6) is 0.284. The van der Waals surface area contributed by atoms with Crippen LogP contribution in [-0.4, -0.2) is 43.1 Å². The minimum absolute atomic E-state index is 0.0505. The molecular weight excluding hydrogens is 535 g/mol. The van der Waals surface area contributed by atoms with Crippen molar-refractivity contribution in [2.24, 2.45) is 5.92 Å². The van der Waals surface area contributed by atoms with E-state index in [-0.39, 0.29) is 22.7 Å². The Labute approximate surface area is 226 Å². The molecule has 1 aromatic carbocycles. The number of carbonyl (C=O) groups excluding carboxylic acids is 1. The number of anilines is 1. The Kier molecular flexibility index (Phi) is 7.30. The molecule has 0 saturated heterocycles. The number of amides is 1. The molecule has 9 nitrogen and oxygen atoms in total. The van der Waals surface area contributed by atoms with Crippen molar-refractivity contribution in [3.05, 3.63) is 75.7 Å². The van der Waals surface area contributed by atoms with E-state index in [9.17, 15) is 22.8 Å². The number of fused-ring (bicyclic) bond motifs is 1. The van der Waals surface area contributed by atoms with E-state index < -0.39 is 23.3 Å². The number of alkyl halides is 3. The molecule has 204 valence electrons. The standard InChI is InChI=1S/C26H25ClF3N7O2/c1-31-21-12-33-22(13-32-21)37-20-5-3-2-4-19(20)36(25(37)39)14-15-6-8-17(9-7-15)35-24(38)18-10-16(27)11-34-23(18)26(28,29)30/h2-5,10-13,15,17H,6-9,14H2,1H3,(H,31,32)(H,35,38)/t15-,17-. The van der Waals surface area contributed by atoms with Crippen molar-refractivity contribution in [1.82, 2.24) is 29.4 Å². The maximum atomic E-state index is 13.5. The zero-order chi connectivity index (χ0) is 27.7. The van der Waals surface area contributed by atoms with E-state index in [4.69, 9.17) is 11.6 Å². The summed E-state index contributed by atoms with van der Waals surface area (Å²) in [6, 6.07) is 8.14. The number of rotatable bonds is 6. The molecule has 1 fully saturated rings. The molecular formula is C26H25ClF3N7O2. The second-order valence-corrected chi connectivity index (χ2v) is 9.90. The molecule has 3 heterocycles. The van der Waals surface area contributed by atoms with Gasteiger partial charge < -0.3 is 10.6 Å². The summed E-state index contributed by atoms with van der Waals surface area (Å²) in [5, 5.41) is 5.56. The highest BCUT2D eigenvalue weighted by Gasteiger charge is 2.38. The third kappa shape index (κ3) is 5.47. The first kappa shape index (κ1) is 26.7. The van der Waals surface area contributed by atoms with Crippen molar-refractivity contribution in [3.63, 3.8) is 0 Å². The average molecular weight is 560 g/mol. The van der Waals surface area contributed by atoms with E-state index in [2.05, 4.69) is 25.6 Å². The second-order valence-electron chi connectivity index (χ2n) is 9.47. The number of nitrogens with zero attached hydrogens (tertiary/aromatic N) is 5. The van der Waals surface area contributed by atoms with E-state index in [0.29, 0.717) is 49.4 Å². The van der Waals surface area contributed by atoms with Gasteiger partial charge in [-0.25, -0.2) is 24.3 Å². The number of aromatic nitrogens is 5. The summed E-state index contributed by atoms with van der Waals surface area (Å²) >= 11 is 5.81. The molecule has 4 aromatic rings. The number of imidazole rings is 1. The molecule has 0 bridgehead atoms. The number of pyridine rings is 1. The first-order valence-corrected chi connectivity index (χ1v) is 12.8. The monoisotopic (exact) mass is 559 g/mol. The molecule has 13 heteroatoms. The zero-order valence-electron chi connectivity index (χ0n) is 20.9. The molecule has 0 spiro atoms. The number of hydrogen-bond donors (Lipinski definition) is 2. The Bertz CT molecular complexity index is 1560. The van der Waals surface area contributed by atoms with Crippen LogP contribution < -0.4 is 16.3 Å². The van der Waals surface area contributed by atoms with Gasteiger partial charge in [-0.1, -0.05) is 23.7 Å². The van der Waals surface area contributed by atoms with Crippen LogP contribution in [0.25, 0.3) is 16.9 Å². The second kappa shape index (κ2) is 10.7. The van der Waals surface area contributed by atoms with Crippen LogP contribution in [-0.2, 0) is 12.7 Å². The lowest BCUT2D eigenvalue weighted by atomic mass is 9.85. The van der Waals surface area contributed by atoms with Crippen LogP contribution in [0.2, 0.25) is 5.02 Å². The van der Waals surface area contributed by atoms with Gasteiger partial charge >= 0.3 is 11.9 Å². The number of hydrogen-bond acceptors (Lipinski definition) is 6. The molecule has 0 aliphatic heterocycles. The lowest BCUT2D eigenvalue weighted by Crippen LogP contribution is -2.39. The number of halogens is 4. The molecule has 0 radical (unpaired) electrons. The molecule has 2 N–H and O–H groups in total. The van der Waals surface area contributed by atoms with E-state index in [1.165, 1.54) is 10.8 Å². The van der Waals surface area contributed by atoms with E-state index >= 15 is 0 Å². The summed E-state index contributed by atoms with van der Waals surface area (Å²) in [5.41, 5.74) is -0.608. The number of nitrogens with one attached hydrogen (secondary N) is 2. The van der Waals surface area contributed by atoms with Gasteiger partial charge in [0, 0.05) is 25.8 Å². The van der Waals surface area contributed by atoms with Crippen molar-refractivity contribution in [2.45, 2.75) is 44.4 Å². The third-order valence-corrected chi connectivity index (χ3v) is 7.16. The number of para-hydroxylation sites is 2. The first-order chi connectivity index (χ1) is 18.7. The van der Waals surface area contributed by atoms with Gasteiger partial charge in [0.2, 0.25) is 0 Å². The number of carbonyl (C=O) groups is 1. The van der Waals surface area contributed by atoms with Crippen LogP contribution in [0, 0.1) is 5.92 Å². The molecule has 1 saturated carbocycles. The summed E-state index contributed by atoms with van der Waals surface area (Å²) < 4.78 is 43.3. The highest BCUT2D eigenvalue weighted by atomic mass is 35.5. The van der Waals surface area contributed by atoms with Gasteiger partial charge in [0.1, 0.15) is 5.82 Å². The lowest BCUT2D eigenvalue weighted by Gasteiger charge is -2.29. The normalized spacial score (nSPS) is 17.8. The quantitative estimate of drug-likeness (QED) is 0.355. The van der Waals surface area contributed by atoms with Gasteiger partial charge in [-0.15, -0.1) is 0 Å². The fourth-order valence-corrected chi connectivity index (χ4v) is 5.18. The molecule has 3 aromatic heterocycles. The van der Waals surface area contributed by atoms with E-state index in [0.717, 1.165) is 17.8 Å². The highest BCUT2D eigenvalue weighted by Crippen LogP contribution is 2.32. The van der Waals surface area contributed by atoms with E-state index in [1.807, 2.05) is 24.3 Å². The molecule has 39 heavy (non-hydrogen) atoms. The van der Waals surface area contributed by atoms with Gasteiger partial charge in [0.15, 0.2) is 11.5 Å². The molecule has 1 aliphatic carbocycles. The predicted molar refractivity (Wildman–Crippen MR) is 140 cm³/mol. The maximum Gasteiger partial charge on any atom is 0.434 e. The Balaban J connectivity index is 1.30. The Morgan fingerprint density at radius 2 is 1.77 bits per heavy atom. The van der Waals surface area contributed by atoms with Crippen molar-refractivity contribution < 1.29 is 18.0 Å². The van der Waals surface area contributed by atoms with Crippen LogP contribution in [0.4, 0.5) is 19.0 Å². The summed E-state index contributed by atoms with van der Waals surface area (Å²) in [4.78, 5) is 38.2. The number of benzene rings is 1. The van der Waals surface area contributed by atoms with Crippen LogP contribution in [0.15, 0.2) is 53.7 Å². The third-order valence-electron chi connectivity index (χ3n) is 6.95. The Morgan fingerprint density at radius 1 is 1.05 bits per heavy atom. The zero-order valence-corrected chi connectivity index (χ0v) is 21.6. The summed E-state index contributed by atoms with van der Waals surface area (Å²) in [6.45, 7) is 0.464. The van der Waals surface area contributed by atoms with Crippen LogP contribution in [0.1, 0.15) is 41.7 Å². The smallest absolute Gasteiger partial charge is 0.372 e. The topological polar surface area (TPSA) is 107 Å².